The van der Waals surface area contributed by atoms with Gasteiger partial charge in [0.25, 0.3) is 0 Å². The number of carbonyl (C=O) groups excluding carboxylic acids is 1. The minimum Gasteiger partial charge on any atom is -0.477 e. The molecule has 0 bridgehead atoms. The molecular formula is C11H15N3O3. The van der Waals surface area contributed by atoms with Gasteiger partial charge in [0.1, 0.15) is 5.69 Å². The highest BCUT2D eigenvalue weighted by molar-refractivity contribution is 5.99. The zero-order valence-electron chi connectivity index (χ0n) is 9.54. The van der Waals surface area contributed by atoms with Crippen LogP contribution in [0.1, 0.15) is 29.0 Å². The Balaban J connectivity index is 1.96. The Morgan fingerprint density at radius 3 is 2.82 bits per heavy atom. The van der Waals surface area contributed by atoms with E-state index in [9.17, 15) is 9.59 Å². The van der Waals surface area contributed by atoms with Crippen LogP contribution in [0.2, 0.25) is 0 Å². The van der Waals surface area contributed by atoms with Crippen molar-refractivity contribution in [1.29, 1.82) is 0 Å². The third-order valence-electron chi connectivity index (χ3n) is 2.66. The normalized spacial score (nSPS) is 14.4. The molecule has 1 aliphatic rings. The van der Waals surface area contributed by atoms with Gasteiger partial charge in [0.15, 0.2) is 0 Å². The summed E-state index contributed by atoms with van der Waals surface area (Å²) < 4.78 is 0. The van der Waals surface area contributed by atoms with Crippen molar-refractivity contribution in [3.05, 3.63) is 17.5 Å². The lowest BCUT2D eigenvalue weighted by Crippen LogP contribution is -2.30. The summed E-state index contributed by atoms with van der Waals surface area (Å²) >= 11 is 0. The van der Waals surface area contributed by atoms with E-state index in [0.29, 0.717) is 23.8 Å². The van der Waals surface area contributed by atoms with Crippen molar-refractivity contribution < 1.29 is 14.7 Å². The average molecular weight is 237 g/mol. The second-order valence-electron chi connectivity index (χ2n) is 4.32. The molecule has 17 heavy (non-hydrogen) atoms. The SMILES string of the molecule is Cc1cc(NC(=O)NCC2CC2)c(C(=O)O)[nH]1. The minimum atomic E-state index is -1.09. The summed E-state index contributed by atoms with van der Waals surface area (Å²) in [6.45, 7) is 2.39. The number of aryl methyl sites for hydroxylation is 1. The van der Waals surface area contributed by atoms with Crippen LogP contribution in [0.15, 0.2) is 6.07 Å². The van der Waals surface area contributed by atoms with Crippen LogP contribution in [0, 0.1) is 12.8 Å². The van der Waals surface area contributed by atoms with Gasteiger partial charge in [-0.3, -0.25) is 0 Å². The molecule has 6 nitrogen and oxygen atoms in total. The molecule has 0 aliphatic heterocycles. The molecule has 0 aromatic carbocycles. The van der Waals surface area contributed by atoms with Gasteiger partial charge in [0.2, 0.25) is 0 Å². The topological polar surface area (TPSA) is 94.2 Å². The van der Waals surface area contributed by atoms with E-state index in [4.69, 9.17) is 5.11 Å². The summed E-state index contributed by atoms with van der Waals surface area (Å²) in [5, 5.41) is 14.2. The summed E-state index contributed by atoms with van der Waals surface area (Å²) in [4.78, 5) is 25.1. The maximum atomic E-state index is 11.5. The predicted octanol–water partition coefficient (Wildman–Crippen LogP) is 1.55. The first kappa shape index (κ1) is 11.5. The summed E-state index contributed by atoms with van der Waals surface area (Å²) in [7, 11) is 0. The number of aromatic carboxylic acids is 1. The molecule has 1 aromatic heterocycles. The molecule has 1 fully saturated rings. The highest BCUT2D eigenvalue weighted by atomic mass is 16.4. The largest absolute Gasteiger partial charge is 0.477 e. The van der Waals surface area contributed by atoms with E-state index in [1.165, 1.54) is 0 Å². The van der Waals surface area contributed by atoms with E-state index in [0.717, 1.165) is 12.8 Å². The number of anilines is 1. The molecule has 0 saturated heterocycles. The van der Waals surface area contributed by atoms with Gasteiger partial charge in [-0.15, -0.1) is 0 Å². The lowest BCUT2D eigenvalue weighted by Gasteiger charge is -2.06. The zero-order valence-corrected chi connectivity index (χ0v) is 9.54. The van der Waals surface area contributed by atoms with Crippen molar-refractivity contribution in [2.24, 2.45) is 5.92 Å². The van der Waals surface area contributed by atoms with Gasteiger partial charge in [-0.2, -0.15) is 0 Å². The van der Waals surface area contributed by atoms with Crippen LogP contribution in [0.25, 0.3) is 0 Å². The Morgan fingerprint density at radius 2 is 2.24 bits per heavy atom. The number of carboxylic acid groups (broad SMARTS) is 1. The summed E-state index contributed by atoms with van der Waals surface area (Å²) in [5.41, 5.74) is 0.993. The van der Waals surface area contributed by atoms with Gasteiger partial charge >= 0.3 is 12.0 Å². The van der Waals surface area contributed by atoms with Crippen LogP contribution in [-0.2, 0) is 0 Å². The van der Waals surface area contributed by atoms with Crippen molar-refractivity contribution in [3.8, 4) is 0 Å². The number of H-pyrrole nitrogens is 1. The van der Waals surface area contributed by atoms with E-state index in [2.05, 4.69) is 15.6 Å². The number of amides is 2. The number of carbonyl (C=O) groups is 2. The van der Waals surface area contributed by atoms with Crippen LogP contribution in [0.3, 0.4) is 0 Å². The zero-order chi connectivity index (χ0) is 12.4. The lowest BCUT2D eigenvalue weighted by molar-refractivity contribution is 0.0692. The Morgan fingerprint density at radius 1 is 1.53 bits per heavy atom. The maximum Gasteiger partial charge on any atom is 0.354 e. The number of carboxylic acids is 1. The van der Waals surface area contributed by atoms with Crippen molar-refractivity contribution >= 4 is 17.7 Å². The van der Waals surface area contributed by atoms with E-state index in [1.54, 1.807) is 13.0 Å². The molecular weight excluding hydrogens is 222 g/mol. The molecule has 6 heteroatoms. The fraction of sp³-hybridized carbons (Fsp3) is 0.455. The molecule has 0 unspecified atom stereocenters. The highest BCUT2D eigenvalue weighted by Gasteiger charge is 2.22. The van der Waals surface area contributed by atoms with Gasteiger partial charge in [-0.1, -0.05) is 0 Å². The Labute approximate surface area is 98.4 Å². The standard InChI is InChI=1S/C11H15N3O3/c1-6-4-8(9(13-6)10(15)16)14-11(17)12-5-7-2-3-7/h4,7,13H,2-3,5H2,1H3,(H,15,16)(H2,12,14,17). The molecule has 1 aliphatic carbocycles. The first-order chi connectivity index (χ1) is 8.06. The third-order valence-corrected chi connectivity index (χ3v) is 2.66. The van der Waals surface area contributed by atoms with Crippen LogP contribution in [0.5, 0.6) is 0 Å². The minimum absolute atomic E-state index is 0.00377. The summed E-state index contributed by atoms with van der Waals surface area (Å²) in [5.74, 6) is -0.497. The molecule has 0 radical (unpaired) electrons. The summed E-state index contributed by atoms with van der Waals surface area (Å²) in [6.07, 6.45) is 2.31. The number of hydrogen-bond donors (Lipinski definition) is 4. The molecule has 1 heterocycles. The van der Waals surface area contributed by atoms with Crippen molar-refractivity contribution in [2.75, 3.05) is 11.9 Å². The Bertz CT molecular complexity index is 449. The number of rotatable bonds is 4. The van der Waals surface area contributed by atoms with E-state index in [1.807, 2.05) is 0 Å². The van der Waals surface area contributed by atoms with Gasteiger partial charge in [-0.05, 0) is 31.7 Å². The average Bonchev–Trinajstić information content (AvgIpc) is 3.00. The fourth-order valence-electron chi connectivity index (χ4n) is 1.58. The van der Waals surface area contributed by atoms with Crippen molar-refractivity contribution in [1.82, 2.24) is 10.3 Å². The Kier molecular flexibility index (Phi) is 3.03. The van der Waals surface area contributed by atoms with Gasteiger partial charge in [-0.25, -0.2) is 9.59 Å². The number of nitrogens with one attached hydrogen (secondary N) is 3. The fourth-order valence-corrected chi connectivity index (χ4v) is 1.58. The molecule has 4 N–H and O–H groups in total. The van der Waals surface area contributed by atoms with Crippen molar-refractivity contribution in [3.63, 3.8) is 0 Å². The van der Waals surface area contributed by atoms with Crippen LogP contribution in [-0.4, -0.2) is 28.6 Å². The van der Waals surface area contributed by atoms with Crippen LogP contribution >= 0.6 is 0 Å². The molecule has 2 rings (SSSR count). The van der Waals surface area contributed by atoms with Crippen LogP contribution < -0.4 is 10.6 Å². The van der Waals surface area contributed by atoms with Crippen molar-refractivity contribution in [2.45, 2.75) is 19.8 Å². The third kappa shape index (κ3) is 2.99. The van der Waals surface area contributed by atoms with E-state index < -0.39 is 5.97 Å². The van der Waals surface area contributed by atoms with E-state index in [-0.39, 0.29) is 11.7 Å². The highest BCUT2D eigenvalue weighted by Crippen LogP contribution is 2.27. The van der Waals surface area contributed by atoms with Gasteiger partial charge in [0.05, 0.1) is 5.69 Å². The number of hydrogen-bond acceptors (Lipinski definition) is 2. The molecule has 1 saturated carbocycles. The van der Waals surface area contributed by atoms with Gasteiger partial charge in [0, 0.05) is 12.2 Å². The quantitative estimate of drug-likeness (QED) is 0.640. The number of urea groups is 1. The lowest BCUT2D eigenvalue weighted by atomic mass is 10.3. The number of aromatic amines is 1. The summed E-state index contributed by atoms with van der Waals surface area (Å²) in [6, 6.07) is 1.23. The first-order valence-corrected chi connectivity index (χ1v) is 5.54. The molecule has 0 atom stereocenters. The van der Waals surface area contributed by atoms with Crippen LogP contribution in [0.4, 0.5) is 10.5 Å². The Hall–Kier alpha value is -1.98. The first-order valence-electron chi connectivity index (χ1n) is 5.54. The monoisotopic (exact) mass is 237 g/mol. The smallest absolute Gasteiger partial charge is 0.354 e. The molecule has 92 valence electrons. The van der Waals surface area contributed by atoms with Gasteiger partial charge < -0.3 is 20.7 Å². The van der Waals surface area contributed by atoms with E-state index >= 15 is 0 Å². The molecule has 1 aromatic rings. The number of aromatic nitrogens is 1. The second-order valence-corrected chi connectivity index (χ2v) is 4.32. The second kappa shape index (κ2) is 4.48. The predicted molar refractivity (Wildman–Crippen MR) is 62.2 cm³/mol. The molecule has 0 spiro atoms. The molecule has 2 amide bonds. The maximum absolute atomic E-state index is 11.5.